The number of aliphatic hydroxyl groups is 5. The van der Waals surface area contributed by atoms with Gasteiger partial charge >= 0.3 is 0 Å². The lowest BCUT2D eigenvalue weighted by Crippen LogP contribution is -2.71. The molecule has 1 aliphatic heterocycles. The van der Waals surface area contributed by atoms with E-state index in [2.05, 4.69) is 0 Å². The molecule has 4 atom stereocenters. The lowest BCUT2D eigenvalue weighted by atomic mass is 9.90. The quantitative estimate of drug-likeness (QED) is 0.359. The van der Waals surface area contributed by atoms with Crippen LogP contribution in [-0.4, -0.2) is 66.9 Å². The fourth-order valence-electron chi connectivity index (χ4n) is 2.18. The molecule has 7 nitrogen and oxygen atoms in total. The lowest BCUT2D eigenvalue weighted by molar-refractivity contribution is -0.294. The number of hydrogen-bond acceptors (Lipinski definition) is 8. The Bertz CT molecular complexity index is 467. The Morgan fingerprint density at radius 3 is 2.33 bits per heavy atom. The van der Waals surface area contributed by atoms with Gasteiger partial charge in [-0.15, -0.1) is 11.8 Å². The van der Waals surface area contributed by atoms with E-state index in [0.717, 1.165) is 11.8 Å². The molecule has 7 N–H and O–H groups in total. The van der Waals surface area contributed by atoms with Gasteiger partial charge in [-0.3, -0.25) is 0 Å². The number of aliphatic hydroxyl groups excluding tert-OH is 3. The topological polar surface area (TPSA) is 136 Å². The smallest absolute Gasteiger partial charge is 0.222 e. The second-order valence-electron chi connectivity index (χ2n) is 4.97. The fourth-order valence-corrected chi connectivity index (χ4v) is 3.60. The van der Waals surface area contributed by atoms with Crippen LogP contribution in [0, 0.1) is 0 Å². The second-order valence-corrected chi connectivity index (χ2v) is 6.49. The maximum absolute atomic E-state index is 10.0. The molecule has 1 saturated heterocycles. The molecule has 8 heteroatoms. The Morgan fingerprint density at radius 1 is 1.19 bits per heavy atom. The maximum atomic E-state index is 10.0. The first-order chi connectivity index (χ1) is 9.87. The highest BCUT2D eigenvalue weighted by Crippen LogP contribution is 2.45. The van der Waals surface area contributed by atoms with E-state index in [1.165, 1.54) is 0 Å². The number of benzene rings is 1. The van der Waals surface area contributed by atoms with Gasteiger partial charge in [0.2, 0.25) is 5.79 Å². The summed E-state index contributed by atoms with van der Waals surface area (Å²) in [6.07, 6.45) is -3.60. The van der Waals surface area contributed by atoms with Crippen LogP contribution in [0.5, 0.6) is 5.75 Å². The van der Waals surface area contributed by atoms with Crippen molar-refractivity contribution in [3.05, 3.63) is 30.3 Å². The summed E-state index contributed by atoms with van der Waals surface area (Å²) in [4.78, 5) is 0. The highest BCUT2D eigenvalue weighted by atomic mass is 32.2. The molecule has 0 aromatic heterocycles. The maximum Gasteiger partial charge on any atom is 0.222 e. The molecule has 21 heavy (non-hydrogen) atoms. The Labute approximate surface area is 126 Å². The summed E-state index contributed by atoms with van der Waals surface area (Å²) < 4.78 is 4.08. The molecular formula is C13H19NO6S. The van der Waals surface area contributed by atoms with E-state index in [-0.39, 0.29) is 6.54 Å². The molecule has 1 aromatic carbocycles. The Kier molecular flexibility index (Phi) is 4.79. The molecule has 1 aliphatic rings. The highest BCUT2D eigenvalue weighted by molar-refractivity contribution is 8.01. The van der Waals surface area contributed by atoms with Crippen molar-refractivity contribution in [3.63, 3.8) is 0 Å². The van der Waals surface area contributed by atoms with Crippen LogP contribution in [0.2, 0.25) is 0 Å². The molecule has 0 spiro atoms. The van der Waals surface area contributed by atoms with Crippen molar-refractivity contribution in [1.82, 2.24) is 0 Å². The second kappa shape index (κ2) is 6.09. The van der Waals surface area contributed by atoms with Gasteiger partial charge < -0.3 is 36.0 Å². The van der Waals surface area contributed by atoms with Gasteiger partial charge in [-0.2, -0.15) is 0 Å². The Morgan fingerprint density at radius 2 is 1.81 bits per heavy atom. The minimum Gasteiger partial charge on any atom is -0.477 e. The van der Waals surface area contributed by atoms with Crippen molar-refractivity contribution in [2.75, 3.05) is 13.2 Å². The normalized spacial score (nSPS) is 35.4. The minimum atomic E-state index is -2.84. The van der Waals surface area contributed by atoms with Crippen LogP contribution in [0.3, 0.4) is 0 Å². The summed E-state index contributed by atoms with van der Waals surface area (Å²) in [5.74, 6) is -2.43. The first kappa shape index (κ1) is 16.5. The van der Waals surface area contributed by atoms with E-state index in [0.29, 0.717) is 5.75 Å². The van der Waals surface area contributed by atoms with Gasteiger partial charge in [-0.05, 0) is 12.1 Å². The SMILES string of the molecule is NC[C@@]1(CO)S[C@H](Oc2ccccc2)[C@@H](O)C(O)(O)[C@H]1O. The van der Waals surface area contributed by atoms with Crippen molar-refractivity contribution in [1.29, 1.82) is 0 Å². The van der Waals surface area contributed by atoms with E-state index in [1.54, 1.807) is 30.3 Å². The molecule has 0 saturated carbocycles. The summed E-state index contributed by atoms with van der Waals surface area (Å²) in [5.41, 5.74) is 4.45. The van der Waals surface area contributed by atoms with Crippen molar-refractivity contribution in [3.8, 4) is 5.75 Å². The molecule has 0 unspecified atom stereocenters. The third-order valence-corrected chi connectivity index (χ3v) is 5.13. The number of ether oxygens (including phenoxy) is 1. The molecule has 1 aromatic rings. The molecule has 0 amide bonds. The molecule has 0 radical (unpaired) electrons. The van der Waals surface area contributed by atoms with E-state index >= 15 is 0 Å². The van der Waals surface area contributed by atoms with Crippen LogP contribution < -0.4 is 10.5 Å². The highest BCUT2D eigenvalue weighted by Gasteiger charge is 2.61. The van der Waals surface area contributed by atoms with E-state index in [9.17, 15) is 25.5 Å². The summed E-state index contributed by atoms with van der Waals surface area (Å²) in [5, 5.41) is 49.4. The van der Waals surface area contributed by atoms with E-state index < -0.39 is 34.8 Å². The van der Waals surface area contributed by atoms with Gasteiger partial charge in [0.15, 0.2) is 11.5 Å². The first-order valence-electron chi connectivity index (χ1n) is 6.38. The number of para-hydroxylation sites is 1. The molecule has 118 valence electrons. The predicted octanol–water partition coefficient (Wildman–Crippen LogP) is -1.77. The molecule has 2 rings (SSSR count). The van der Waals surface area contributed by atoms with Crippen LogP contribution in [0.1, 0.15) is 0 Å². The van der Waals surface area contributed by atoms with Gasteiger partial charge in [-0.25, -0.2) is 0 Å². The van der Waals surface area contributed by atoms with Crippen molar-refractivity contribution in [2.45, 2.75) is 28.2 Å². The fraction of sp³-hybridized carbons (Fsp3) is 0.538. The number of rotatable bonds is 4. The third kappa shape index (κ3) is 2.88. The van der Waals surface area contributed by atoms with Crippen LogP contribution >= 0.6 is 11.8 Å². The number of thioether (sulfide) groups is 1. The summed E-state index contributed by atoms with van der Waals surface area (Å²) in [7, 11) is 0. The van der Waals surface area contributed by atoms with Crippen LogP contribution in [0.15, 0.2) is 30.3 Å². The van der Waals surface area contributed by atoms with Crippen molar-refractivity contribution < 1.29 is 30.3 Å². The first-order valence-corrected chi connectivity index (χ1v) is 7.26. The average Bonchev–Trinajstić information content (AvgIpc) is 2.50. The van der Waals surface area contributed by atoms with Crippen molar-refractivity contribution >= 4 is 11.8 Å². The molecule has 0 bridgehead atoms. The molecule has 1 heterocycles. The number of hydrogen-bond donors (Lipinski definition) is 6. The van der Waals surface area contributed by atoms with Gasteiger partial charge in [0.05, 0.1) is 11.4 Å². The zero-order valence-electron chi connectivity index (χ0n) is 11.2. The number of nitrogens with two attached hydrogens (primary N) is 1. The predicted molar refractivity (Wildman–Crippen MR) is 76.5 cm³/mol. The lowest BCUT2D eigenvalue weighted by Gasteiger charge is -2.50. The average molecular weight is 317 g/mol. The van der Waals surface area contributed by atoms with E-state index in [4.69, 9.17) is 10.5 Å². The van der Waals surface area contributed by atoms with Gasteiger partial charge in [0.25, 0.3) is 0 Å². The van der Waals surface area contributed by atoms with Gasteiger partial charge in [0, 0.05) is 6.54 Å². The largest absolute Gasteiger partial charge is 0.477 e. The molecule has 0 aliphatic carbocycles. The van der Waals surface area contributed by atoms with Crippen LogP contribution in [0.25, 0.3) is 0 Å². The van der Waals surface area contributed by atoms with E-state index in [1.807, 2.05) is 0 Å². The van der Waals surface area contributed by atoms with Crippen molar-refractivity contribution in [2.24, 2.45) is 5.73 Å². The summed E-state index contributed by atoms with van der Waals surface area (Å²) in [6.45, 7) is -0.820. The molecule has 1 fully saturated rings. The molecular weight excluding hydrogens is 298 g/mol. The van der Waals surface area contributed by atoms with Gasteiger partial charge in [0.1, 0.15) is 11.9 Å². The van der Waals surface area contributed by atoms with Gasteiger partial charge in [-0.1, -0.05) is 18.2 Å². The van der Waals surface area contributed by atoms with Crippen LogP contribution in [0.4, 0.5) is 0 Å². The standard InChI is InChI=1S/C13H19NO6S/c14-6-12(7-15)11(17)13(18,19)9(16)10(21-12)20-8-4-2-1-3-5-8/h1-5,9-11,15-19H,6-7,14H2/t9-,10+,11+,12+/m1/s1. The third-order valence-electron chi connectivity index (χ3n) is 3.55. The zero-order chi connectivity index (χ0) is 15.7. The monoisotopic (exact) mass is 317 g/mol. The van der Waals surface area contributed by atoms with Crippen LogP contribution in [-0.2, 0) is 0 Å². The summed E-state index contributed by atoms with van der Waals surface area (Å²) >= 11 is 0.875. The summed E-state index contributed by atoms with van der Waals surface area (Å²) in [6, 6.07) is 8.49. The Balaban J connectivity index is 2.29. The zero-order valence-corrected chi connectivity index (χ0v) is 12.0. The minimum absolute atomic E-state index is 0.223. The Hall–Kier alpha value is -0.870.